The van der Waals surface area contributed by atoms with E-state index in [9.17, 15) is 15.8 Å². The van der Waals surface area contributed by atoms with E-state index in [-0.39, 0.29) is 23.5 Å². The highest BCUT2D eigenvalue weighted by Gasteiger charge is 2.53. The van der Waals surface area contributed by atoms with Crippen molar-refractivity contribution >= 4 is 0 Å². The molecule has 0 aromatic carbocycles. The predicted molar refractivity (Wildman–Crippen MR) is 74.2 cm³/mol. The molecule has 0 bridgehead atoms. The van der Waals surface area contributed by atoms with Crippen LogP contribution in [0.25, 0.3) is 0 Å². The molecule has 2 N–H and O–H groups in total. The van der Waals surface area contributed by atoms with Crippen molar-refractivity contribution in [1.82, 2.24) is 0 Å². The average molecular weight is 266 g/mol. The van der Waals surface area contributed by atoms with Gasteiger partial charge in [-0.05, 0) is 36.7 Å². The van der Waals surface area contributed by atoms with Gasteiger partial charge in [0.15, 0.2) is 5.41 Å². The van der Waals surface area contributed by atoms with Crippen LogP contribution in [0.4, 0.5) is 0 Å². The Hall–Kier alpha value is -2.25. The molecular formula is C16H18N4. The van der Waals surface area contributed by atoms with Crippen LogP contribution in [0.5, 0.6) is 0 Å². The molecule has 20 heavy (non-hydrogen) atoms. The highest BCUT2D eigenvalue weighted by Crippen LogP contribution is 2.53. The average Bonchev–Trinajstić information content (AvgIpc) is 2.46. The van der Waals surface area contributed by atoms with Gasteiger partial charge in [0.05, 0.1) is 23.4 Å². The Kier molecular flexibility index (Phi) is 3.56. The van der Waals surface area contributed by atoms with Gasteiger partial charge < -0.3 is 5.73 Å². The Morgan fingerprint density at radius 3 is 2.45 bits per heavy atom. The molecule has 0 spiro atoms. The van der Waals surface area contributed by atoms with E-state index in [4.69, 9.17) is 5.73 Å². The molecule has 0 aromatic heterocycles. The number of fused-ring (bicyclic) bond motifs is 1. The quantitative estimate of drug-likeness (QED) is 0.789. The number of hydrogen-bond acceptors (Lipinski definition) is 4. The Morgan fingerprint density at radius 1 is 1.30 bits per heavy atom. The molecule has 102 valence electrons. The summed E-state index contributed by atoms with van der Waals surface area (Å²) >= 11 is 0. The molecule has 0 fully saturated rings. The molecule has 2 atom stereocenters. The maximum Gasteiger partial charge on any atom is 0.187 e. The molecule has 2 aliphatic carbocycles. The summed E-state index contributed by atoms with van der Waals surface area (Å²) in [4.78, 5) is 0. The molecule has 0 amide bonds. The second-order valence-electron chi connectivity index (χ2n) is 5.90. The summed E-state index contributed by atoms with van der Waals surface area (Å²) in [7, 11) is 0. The van der Waals surface area contributed by atoms with Crippen LogP contribution in [0, 0.1) is 57.2 Å². The van der Waals surface area contributed by atoms with Crippen molar-refractivity contribution in [2.24, 2.45) is 28.9 Å². The Bertz CT molecular complexity index is 590. The molecule has 0 radical (unpaired) electrons. The van der Waals surface area contributed by atoms with Crippen LogP contribution in [-0.4, -0.2) is 0 Å². The van der Waals surface area contributed by atoms with Gasteiger partial charge in [0.25, 0.3) is 0 Å². The fraction of sp³-hybridized carbons (Fsp3) is 0.562. The summed E-state index contributed by atoms with van der Waals surface area (Å²) in [5.41, 5.74) is 6.18. The number of nitrogens with two attached hydrogens (primary N) is 1. The van der Waals surface area contributed by atoms with Crippen molar-refractivity contribution in [3.63, 3.8) is 0 Å². The third-order valence-corrected chi connectivity index (χ3v) is 4.58. The second-order valence-corrected chi connectivity index (χ2v) is 5.90. The maximum atomic E-state index is 9.62. The molecule has 4 nitrogen and oxygen atoms in total. The highest BCUT2D eigenvalue weighted by molar-refractivity contribution is 5.56. The van der Waals surface area contributed by atoms with Gasteiger partial charge in [0, 0.05) is 5.92 Å². The lowest BCUT2D eigenvalue weighted by molar-refractivity contribution is 0.172. The minimum absolute atomic E-state index is 0.0880. The molecule has 4 heteroatoms. The molecule has 0 aliphatic heterocycles. The molecule has 0 saturated carbocycles. The largest absolute Gasteiger partial charge is 0.399 e. The number of nitriles is 3. The number of allylic oxidation sites excluding steroid dienone is 4. The zero-order valence-corrected chi connectivity index (χ0v) is 11.8. The Labute approximate surface area is 119 Å². The first-order chi connectivity index (χ1) is 9.53. The lowest BCUT2D eigenvalue weighted by Crippen LogP contribution is -2.46. The van der Waals surface area contributed by atoms with Gasteiger partial charge in [-0.2, -0.15) is 15.8 Å². The Balaban J connectivity index is 2.78. The lowest BCUT2D eigenvalue weighted by Gasteiger charge is -2.45. The lowest BCUT2D eigenvalue weighted by atomic mass is 9.55. The first-order valence-electron chi connectivity index (χ1n) is 6.96. The molecule has 0 heterocycles. The van der Waals surface area contributed by atoms with E-state index in [1.54, 1.807) is 0 Å². The standard InChI is InChI=1S/C16H18N4/c1-10(2)14-12-6-4-3-5-11(12)13(7-17)15(20)16(14,8-18)9-19/h5,10,12,14H,3-4,6,20H2,1-2H3. The second kappa shape index (κ2) is 5.03. The fourth-order valence-corrected chi connectivity index (χ4v) is 3.78. The van der Waals surface area contributed by atoms with E-state index in [1.165, 1.54) is 0 Å². The summed E-state index contributed by atoms with van der Waals surface area (Å²) in [6.07, 6.45) is 4.94. The maximum absolute atomic E-state index is 9.62. The topological polar surface area (TPSA) is 97.4 Å². The van der Waals surface area contributed by atoms with Crippen molar-refractivity contribution in [2.75, 3.05) is 0 Å². The fourth-order valence-electron chi connectivity index (χ4n) is 3.78. The van der Waals surface area contributed by atoms with E-state index in [1.807, 2.05) is 13.8 Å². The molecule has 2 rings (SSSR count). The number of hydrogen-bond donors (Lipinski definition) is 1. The van der Waals surface area contributed by atoms with Gasteiger partial charge in [0.1, 0.15) is 6.07 Å². The summed E-state index contributed by atoms with van der Waals surface area (Å²) in [5, 5.41) is 28.6. The van der Waals surface area contributed by atoms with Crippen molar-refractivity contribution in [3.05, 3.63) is 22.9 Å². The molecular weight excluding hydrogens is 248 g/mol. The van der Waals surface area contributed by atoms with Gasteiger partial charge in [-0.25, -0.2) is 0 Å². The Morgan fingerprint density at radius 2 is 1.95 bits per heavy atom. The third-order valence-electron chi connectivity index (χ3n) is 4.58. The van der Waals surface area contributed by atoms with Crippen LogP contribution in [0.15, 0.2) is 22.9 Å². The van der Waals surface area contributed by atoms with E-state index in [0.717, 1.165) is 24.8 Å². The summed E-state index contributed by atoms with van der Waals surface area (Å²) < 4.78 is 0. The summed E-state index contributed by atoms with van der Waals surface area (Å²) in [6.45, 7) is 4.04. The third kappa shape index (κ3) is 1.71. The van der Waals surface area contributed by atoms with Gasteiger partial charge in [-0.3, -0.25) is 0 Å². The summed E-state index contributed by atoms with van der Waals surface area (Å²) in [5.74, 6) is 0.0887. The SMILES string of the molecule is CC(C)C1C2CCCC=C2C(C#N)=C(N)C1(C#N)C#N. The normalized spacial score (nSPS) is 27.9. The van der Waals surface area contributed by atoms with Gasteiger partial charge in [0.2, 0.25) is 0 Å². The van der Waals surface area contributed by atoms with Crippen molar-refractivity contribution < 1.29 is 0 Å². The van der Waals surface area contributed by atoms with Gasteiger partial charge >= 0.3 is 0 Å². The minimum Gasteiger partial charge on any atom is -0.399 e. The van der Waals surface area contributed by atoms with Crippen molar-refractivity contribution in [1.29, 1.82) is 15.8 Å². The zero-order chi connectivity index (χ0) is 14.9. The van der Waals surface area contributed by atoms with E-state index in [2.05, 4.69) is 24.3 Å². The number of nitrogens with zero attached hydrogens (tertiary/aromatic N) is 3. The minimum atomic E-state index is -1.38. The first kappa shape index (κ1) is 14.2. The number of rotatable bonds is 1. The first-order valence-corrected chi connectivity index (χ1v) is 6.96. The zero-order valence-electron chi connectivity index (χ0n) is 11.8. The molecule has 2 aliphatic rings. The van der Waals surface area contributed by atoms with Crippen LogP contribution in [0.3, 0.4) is 0 Å². The van der Waals surface area contributed by atoms with Gasteiger partial charge in [-0.15, -0.1) is 0 Å². The summed E-state index contributed by atoms with van der Waals surface area (Å²) in [6, 6.07) is 6.37. The molecule has 0 aromatic rings. The molecule has 0 saturated heterocycles. The van der Waals surface area contributed by atoms with Crippen LogP contribution in [0.1, 0.15) is 33.1 Å². The van der Waals surface area contributed by atoms with Crippen LogP contribution in [0.2, 0.25) is 0 Å². The molecule has 2 unspecified atom stereocenters. The van der Waals surface area contributed by atoms with Crippen LogP contribution < -0.4 is 5.73 Å². The predicted octanol–water partition coefficient (Wildman–Crippen LogP) is 2.77. The van der Waals surface area contributed by atoms with Crippen molar-refractivity contribution in [3.8, 4) is 18.2 Å². The van der Waals surface area contributed by atoms with E-state index in [0.29, 0.717) is 5.57 Å². The van der Waals surface area contributed by atoms with Crippen molar-refractivity contribution in [2.45, 2.75) is 33.1 Å². The van der Waals surface area contributed by atoms with E-state index < -0.39 is 5.41 Å². The van der Waals surface area contributed by atoms with Crippen LogP contribution >= 0.6 is 0 Å². The smallest absolute Gasteiger partial charge is 0.187 e. The monoisotopic (exact) mass is 266 g/mol. The van der Waals surface area contributed by atoms with E-state index >= 15 is 0 Å². The highest BCUT2D eigenvalue weighted by atomic mass is 14.7. The van der Waals surface area contributed by atoms with Gasteiger partial charge in [-0.1, -0.05) is 19.9 Å². The van der Waals surface area contributed by atoms with Crippen LogP contribution in [-0.2, 0) is 0 Å².